The minimum Gasteiger partial charge on any atom is -0.358 e. The summed E-state index contributed by atoms with van der Waals surface area (Å²) in [5.41, 5.74) is 3.40. The molecule has 1 aromatic carbocycles. The predicted octanol–water partition coefficient (Wildman–Crippen LogP) is 4.16. The van der Waals surface area contributed by atoms with Gasteiger partial charge < -0.3 is 4.98 Å². The molecule has 2 nitrogen and oxygen atoms in total. The molecule has 18 heavy (non-hydrogen) atoms. The molecular weight excluding hydrogens is 242 g/mol. The van der Waals surface area contributed by atoms with Gasteiger partial charge in [0.25, 0.3) is 0 Å². The van der Waals surface area contributed by atoms with Crippen LogP contribution in [0, 0.1) is 6.92 Å². The predicted molar refractivity (Wildman–Crippen MR) is 79.8 cm³/mol. The van der Waals surface area contributed by atoms with Crippen molar-refractivity contribution in [3.63, 3.8) is 0 Å². The van der Waals surface area contributed by atoms with Gasteiger partial charge in [-0.25, -0.2) is 0 Å². The van der Waals surface area contributed by atoms with Crippen molar-refractivity contribution in [3.05, 3.63) is 41.6 Å². The van der Waals surface area contributed by atoms with Gasteiger partial charge in [0.2, 0.25) is 0 Å². The van der Waals surface area contributed by atoms with E-state index in [2.05, 4.69) is 31.0 Å². The number of carbonyl (C=O) groups excluding carboxylic acids is 1. The summed E-state index contributed by atoms with van der Waals surface area (Å²) in [6.07, 6.45) is 1.73. The third-order valence-electron chi connectivity index (χ3n) is 2.77. The van der Waals surface area contributed by atoms with Crippen LogP contribution in [0.15, 0.2) is 30.3 Å². The van der Waals surface area contributed by atoms with Crippen molar-refractivity contribution in [2.45, 2.75) is 20.8 Å². The summed E-state index contributed by atoms with van der Waals surface area (Å²) in [7, 11) is 0. The third-order valence-corrected chi connectivity index (χ3v) is 3.70. The molecule has 0 fully saturated rings. The molecule has 0 saturated carbocycles. The van der Waals surface area contributed by atoms with Crippen LogP contribution in [0.4, 0.5) is 0 Å². The number of H-pyrrole nitrogens is 1. The first kappa shape index (κ1) is 13.0. The number of aryl methyl sites for hydroxylation is 1. The SMILES string of the molecule is CCSC(=CC(C)=O)c1c(C)[nH]c2ccccc12. The number of aromatic nitrogens is 1. The normalized spacial score (nSPS) is 12.1. The summed E-state index contributed by atoms with van der Waals surface area (Å²) in [5, 5.41) is 1.18. The van der Waals surface area contributed by atoms with E-state index in [9.17, 15) is 4.79 Å². The average Bonchev–Trinajstić information content (AvgIpc) is 2.63. The summed E-state index contributed by atoms with van der Waals surface area (Å²) < 4.78 is 0. The van der Waals surface area contributed by atoms with Crippen molar-refractivity contribution in [2.75, 3.05) is 5.75 Å². The first-order valence-corrected chi connectivity index (χ1v) is 7.04. The van der Waals surface area contributed by atoms with E-state index in [4.69, 9.17) is 0 Å². The lowest BCUT2D eigenvalue weighted by atomic mass is 10.1. The first-order chi connectivity index (χ1) is 8.63. The van der Waals surface area contributed by atoms with Crippen molar-refractivity contribution in [1.29, 1.82) is 0 Å². The number of fused-ring (bicyclic) bond motifs is 1. The smallest absolute Gasteiger partial charge is 0.153 e. The average molecular weight is 259 g/mol. The molecule has 0 aliphatic carbocycles. The van der Waals surface area contributed by atoms with Gasteiger partial charge in [-0.2, -0.15) is 0 Å². The van der Waals surface area contributed by atoms with E-state index in [-0.39, 0.29) is 5.78 Å². The Morgan fingerprint density at radius 2 is 2.11 bits per heavy atom. The van der Waals surface area contributed by atoms with Gasteiger partial charge in [0.15, 0.2) is 5.78 Å². The van der Waals surface area contributed by atoms with Crippen LogP contribution in [0.3, 0.4) is 0 Å². The summed E-state index contributed by atoms with van der Waals surface area (Å²) >= 11 is 1.71. The van der Waals surface area contributed by atoms with Crippen molar-refractivity contribution >= 4 is 33.4 Å². The Morgan fingerprint density at radius 1 is 1.39 bits per heavy atom. The van der Waals surface area contributed by atoms with Gasteiger partial charge in [-0.15, -0.1) is 11.8 Å². The van der Waals surface area contributed by atoms with Crippen LogP contribution in [-0.4, -0.2) is 16.5 Å². The Labute approximate surface area is 111 Å². The molecule has 0 spiro atoms. The van der Waals surface area contributed by atoms with Crippen molar-refractivity contribution in [3.8, 4) is 0 Å². The maximum Gasteiger partial charge on any atom is 0.153 e. The van der Waals surface area contributed by atoms with Crippen LogP contribution in [0.5, 0.6) is 0 Å². The highest BCUT2D eigenvalue weighted by atomic mass is 32.2. The van der Waals surface area contributed by atoms with Gasteiger partial charge in [-0.05, 0) is 31.7 Å². The Hall–Kier alpha value is -1.48. The highest BCUT2D eigenvalue weighted by Gasteiger charge is 2.13. The van der Waals surface area contributed by atoms with E-state index >= 15 is 0 Å². The summed E-state index contributed by atoms with van der Waals surface area (Å²) in [6, 6.07) is 8.21. The number of nitrogens with one attached hydrogen (secondary N) is 1. The van der Waals surface area contributed by atoms with E-state index in [1.165, 1.54) is 5.39 Å². The second-order valence-corrected chi connectivity index (χ2v) is 5.53. The number of ketones is 1. The molecule has 0 saturated heterocycles. The topological polar surface area (TPSA) is 32.9 Å². The van der Waals surface area contributed by atoms with Crippen LogP contribution >= 0.6 is 11.8 Å². The largest absolute Gasteiger partial charge is 0.358 e. The molecular formula is C15H17NOS. The maximum absolute atomic E-state index is 11.4. The van der Waals surface area contributed by atoms with Crippen LogP contribution < -0.4 is 0 Å². The van der Waals surface area contributed by atoms with Gasteiger partial charge in [-0.1, -0.05) is 25.1 Å². The van der Waals surface area contributed by atoms with Crippen LogP contribution in [0.2, 0.25) is 0 Å². The molecule has 2 aromatic rings. The number of carbonyl (C=O) groups is 1. The number of benzene rings is 1. The molecule has 1 heterocycles. The molecule has 2 rings (SSSR count). The number of rotatable bonds is 4. The van der Waals surface area contributed by atoms with Crippen molar-refractivity contribution < 1.29 is 4.79 Å². The molecule has 0 bridgehead atoms. The standard InChI is InChI=1S/C15H17NOS/c1-4-18-14(9-10(2)17)15-11(3)16-13-8-6-5-7-12(13)15/h5-9,16H,4H2,1-3H3. The Kier molecular flexibility index (Phi) is 3.92. The van der Waals surface area contributed by atoms with Gasteiger partial charge in [0.1, 0.15) is 0 Å². The molecule has 94 valence electrons. The Morgan fingerprint density at radius 3 is 2.78 bits per heavy atom. The molecule has 3 heteroatoms. The number of allylic oxidation sites excluding steroid dienone is 1. The lowest BCUT2D eigenvalue weighted by Gasteiger charge is -2.06. The molecule has 0 atom stereocenters. The number of thioether (sulfide) groups is 1. The molecule has 0 amide bonds. The Bertz CT molecular complexity index is 610. The lowest BCUT2D eigenvalue weighted by molar-refractivity contribution is -0.112. The van der Waals surface area contributed by atoms with Crippen LogP contribution in [0.25, 0.3) is 15.8 Å². The summed E-state index contributed by atoms with van der Waals surface area (Å²) in [5.74, 6) is 1.05. The van der Waals surface area contributed by atoms with Crippen LogP contribution in [0.1, 0.15) is 25.1 Å². The minimum absolute atomic E-state index is 0.0932. The minimum atomic E-state index is 0.0932. The van der Waals surface area contributed by atoms with Crippen LogP contribution in [-0.2, 0) is 4.79 Å². The zero-order chi connectivity index (χ0) is 13.1. The fraction of sp³-hybridized carbons (Fsp3) is 0.267. The number of aromatic amines is 1. The van der Waals surface area contributed by atoms with Crippen molar-refractivity contribution in [2.24, 2.45) is 0 Å². The van der Waals surface area contributed by atoms with E-state index < -0.39 is 0 Å². The lowest BCUT2D eigenvalue weighted by Crippen LogP contribution is -1.89. The fourth-order valence-corrected chi connectivity index (χ4v) is 3.09. The number of hydrogen-bond donors (Lipinski definition) is 1. The first-order valence-electron chi connectivity index (χ1n) is 6.06. The zero-order valence-corrected chi connectivity index (χ0v) is 11.7. The highest BCUT2D eigenvalue weighted by Crippen LogP contribution is 2.35. The molecule has 1 N–H and O–H groups in total. The maximum atomic E-state index is 11.4. The third kappa shape index (κ3) is 2.51. The van der Waals surface area contributed by atoms with Gasteiger partial charge >= 0.3 is 0 Å². The second kappa shape index (κ2) is 5.44. The molecule has 0 unspecified atom stereocenters. The highest BCUT2D eigenvalue weighted by molar-refractivity contribution is 8.08. The monoisotopic (exact) mass is 259 g/mol. The second-order valence-electron chi connectivity index (χ2n) is 4.22. The number of para-hydroxylation sites is 1. The van der Waals surface area contributed by atoms with E-state index in [0.29, 0.717) is 0 Å². The molecule has 0 radical (unpaired) electrons. The molecule has 1 aromatic heterocycles. The van der Waals surface area contributed by atoms with Gasteiger partial charge in [-0.3, -0.25) is 4.79 Å². The quantitative estimate of drug-likeness (QED) is 0.836. The van der Waals surface area contributed by atoms with E-state index in [1.54, 1.807) is 24.8 Å². The summed E-state index contributed by atoms with van der Waals surface area (Å²) in [6.45, 7) is 5.75. The number of hydrogen-bond acceptors (Lipinski definition) is 2. The van der Waals surface area contributed by atoms with Crippen molar-refractivity contribution in [1.82, 2.24) is 4.98 Å². The summed E-state index contributed by atoms with van der Waals surface area (Å²) in [4.78, 5) is 15.8. The van der Waals surface area contributed by atoms with E-state index in [1.807, 2.05) is 12.1 Å². The van der Waals surface area contributed by atoms with Gasteiger partial charge in [0.05, 0.1) is 0 Å². The Balaban J connectivity index is 2.63. The van der Waals surface area contributed by atoms with Gasteiger partial charge in [0, 0.05) is 27.1 Å². The fourth-order valence-electron chi connectivity index (χ4n) is 2.12. The van der Waals surface area contributed by atoms with E-state index in [0.717, 1.165) is 27.4 Å². The molecule has 0 aliphatic rings. The zero-order valence-electron chi connectivity index (χ0n) is 10.9. The molecule has 0 aliphatic heterocycles.